The summed E-state index contributed by atoms with van der Waals surface area (Å²) in [5, 5.41) is 3.02. The van der Waals surface area contributed by atoms with E-state index in [-0.39, 0.29) is 11.4 Å². The molecule has 0 spiro atoms. The second-order valence-corrected chi connectivity index (χ2v) is 8.20. The molecule has 9 nitrogen and oxygen atoms in total. The third-order valence-electron chi connectivity index (χ3n) is 4.48. The van der Waals surface area contributed by atoms with E-state index in [0.29, 0.717) is 10.2 Å². The molecule has 10 heteroatoms. The molecule has 0 bridgehead atoms. The summed E-state index contributed by atoms with van der Waals surface area (Å²) in [6.45, 7) is 7.91. The zero-order valence-corrected chi connectivity index (χ0v) is 16.4. The van der Waals surface area contributed by atoms with E-state index in [9.17, 15) is 19.2 Å². The van der Waals surface area contributed by atoms with Crippen molar-refractivity contribution in [3.8, 4) is 0 Å². The maximum Gasteiger partial charge on any atom is 0.326 e. The van der Waals surface area contributed by atoms with Crippen molar-refractivity contribution in [1.29, 1.82) is 0 Å². The standard InChI is InChI=1S/C17H20N4O5S/c1-7-9(3)27-14-11(7)13(23)18-12(19-14)8(2)26-10(22)6-21-15(24)17(4,5)20-16(21)25/h8H,6H2,1-5H3,(H,20,25)(H,18,19,23)/t8-/m1/s1. The summed E-state index contributed by atoms with van der Waals surface area (Å²) in [7, 11) is 0. The van der Waals surface area contributed by atoms with Gasteiger partial charge in [-0.05, 0) is 40.2 Å². The molecule has 1 saturated heterocycles. The molecule has 3 heterocycles. The quantitative estimate of drug-likeness (QED) is 0.601. The zero-order chi connectivity index (χ0) is 20.1. The number of fused-ring (bicyclic) bond motifs is 1. The lowest BCUT2D eigenvalue weighted by Gasteiger charge is -2.17. The molecule has 1 aliphatic rings. The van der Waals surface area contributed by atoms with E-state index >= 15 is 0 Å². The molecule has 2 aromatic rings. The van der Waals surface area contributed by atoms with Crippen molar-refractivity contribution in [2.24, 2.45) is 0 Å². The Kier molecular flexibility index (Phi) is 4.54. The minimum Gasteiger partial charge on any atom is -0.453 e. The number of thiophene rings is 1. The normalized spacial score (nSPS) is 17.3. The number of esters is 1. The van der Waals surface area contributed by atoms with E-state index in [4.69, 9.17) is 4.74 Å². The predicted molar refractivity (Wildman–Crippen MR) is 98.5 cm³/mol. The number of rotatable bonds is 4. The SMILES string of the molecule is Cc1sc2nc([C@@H](C)OC(=O)CN3C(=O)NC(C)(C)C3=O)[nH]c(=O)c2c1C. The largest absolute Gasteiger partial charge is 0.453 e. The number of amides is 3. The van der Waals surface area contributed by atoms with Gasteiger partial charge in [-0.3, -0.25) is 19.3 Å². The summed E-state index contributed by atoms with van der Waals surface area (Å²) < 4.78 is 5.26. The smallest absolute Gasteiger partial charge is 0.326 e. The van der Waals surface area contributed by atoms with Gasteiger partial charge < -0.3 is 15.0 Å². The number of imide groups is 1. The average Bonchev–Trinajstić information content (AvgIpc) is 2.95. The lowest BCUT2D eigenvalue weighted by molar-refractivity contribution is -0.152. The Bertz CT molecular complexity index is 1020. The zero-order valence-electron chi connectivity index (χ0n) is 15.6. The Morgan fingerprint density at radius 3 is 2.56 bits per heavy atom. The summed E-state index contributed by atoms with van der Waals surface area (Å²) in [4.78, 5) is 57.9. The van der Waals surface area contributed by atoms with Gasteiger partial charge in [0.05, 0.1) is 5.39 Å². The lowest BCUT2D eigenvalue weighted by Crippen LogP contribution is -2.41. The molecule has 0 unspecified atom stereocenters. The van der Waals surface area contributed by atoms with Crippen LogP contribution in [-0.4, -0.2) is 44.9 Å². The van der Waals surface area contributed by atoms with Gasteiger partial charge in [-0.1, -0.05) is 0 Å². The van der Waals surface area contributed by atoms with Gasteiger partial charge in [0.25, 0.3) is 11.5 Å². The van der Waals surface area contributed by atoms with E-state index in [0.717, 1.165) is 15.3 Å². The number of hydrogen-bond acceptors (Lipinski definition) is 7. The van der Waals surface area contributed by atoms with Crippen LogP contribution in [-0.2, 0) is 14.3 Å². The molecule has 1 atom stereocenters. The highest BCUT2D eigenvalue weighted by molar-refractivity contribution is 7.18. The number of carbonyl (C=O) groups excluding carboxylic acids is 3. The van der Waals surface area contributed by atoms with Crippen molar-refractivity contribution in [2.75, 3.05) is 6.54 Å². The number of H-pyrrole nitrogens is 1. The molecule has 2 aromatic heterocycles. The third-order valence-corrected chi connectivity index (χ3v) is 5.58. The molecule has 0 aliphatic carbocycles. The van der Waals surface area contributed by atoms with Crippen molar-refractivity contribution < 1.29 is 19.1 Å². The summed E-state index contributed by atoms with van der Waals surface area (Å²) >= 11 is 1.39. The Labute approximate surface area is 158 Å². The number of urea groups is 1. The van der Waals surface area contributed by atoms with Crippen LogP contribution >= 0.6 is 11.3 Å². The van der Waals surface area contributed by atoms with E-state index < -0.39 is 36.1 Å². The van der Waals surface area contributed by atoms with E-state index in [2.05, 4.69) is 15.3 Å². The fourth-order valence-electron chi connectivity index (χ4n) is 2.84. The van der Waals surface area contributed by atoms with E-state index in [1.807, 2.05) is 13.8 Å². The molecule has 144 valence electrons. The second-order valence-electron chi connectivity index (χ2n) is 6.99. The number of nitrogens with one attached hydrogen (secondary N) is 2. The second kappa shape index (κ2) is 6.45. The Morgan fingerprint density at radius 1 is 1.30 bits per heavy atom. The fraction of sp³-hybridized carbons (Fsp3) is 0.471. The minimum atomic E-state index is -1.06. The number of ether oxygens (including phenoxy) is 1. The van der Waals surface area contributed by atoms with Gasteiger partial charge in [0.2, 0.25) is 0 Å². The Morgan fingerprint density at radius 2 is 1.96 bits per heavy atom. The summed E-state index contributed by atoms with van der Waals surface area (Å²) in [5.74, 6) is -1.07. The molecule has 0 radical (unpaired) electrons. The van der Waals surface area contributed by atoms with Crippen molar-refractivity contribution >= 4 is 39.5 Å². The van der Waals surface area contributed by atoms with Crippen LogP contribution in [0.25, 0.3) is 10.2 Å². The number of carbonyl (C=O) groups is 3. The first kappa shape index (κ1) is 19.0. The van der Waals surface area contributed by atoms with Crippen LogP contribution in [0.15, 0.2) is 4.79 Å². The fourth-order valence-corrected chi connectivity index (χ4v) is 3.88. The highest BCUT2D eigenvalue weighted by Crippen LogP contribution is 2.27. The number of aromatic amines is 1. The van der Waals surface area contributed by atoms with Gasteiger partial charge >= 0.3 is 12.0 Å². The topological polar surface area (TPSA) is 121 Å². The van der Waals surface area contributed by atoms with Crippen molar-refractivity contribution in [1.82, 2.24) is 20.2 Å². The van der Waals surface area contributed by atoms with Crippen LogP contribution in [0.5, 0.6) is 0 Å². The van der Waals surface area contributed by atoms with Crippen LogP contribution in [0.1, 0.15) is 43.1 Å². The van der Waals surface area contributed by atoms with Gasteiger partial charge in [0.1, 0.15) is 16.9 Å². The van der Waals surface area contributed by atoms with Gasteiger partial charge in [-0.2, -0.15) is 0 Å². The monoisotopic (exact) mass is 392 g/mol. The minimum absolute atomic E-state index is 0.208. The van der Waals surface area contributed by atoms with Gasteiger partial charge in [0.15, 0.2) is 11.9 Å². The molecule has 27 heavy (non-hydrogen) atoms. The number of hydrogen-bond donors (Lipinski definition) is 2. The lowest BCUT2D eigenvalue weighted by atomic mass is 10.1. The highest BCUT2D eigenvalue weighted by atomic mass is 32.1. The summed E-state index contributed by atoms with van der Waals surface area (Å²) in [5.41, 5.74) is -0.480. The highest BCUT2D eigenvalue weighted by Gasteiger charge is 2.45. The van der Waals surface area contributed by atoms with Gasteiger partial charge in [0, 0.05) is 4.88 Å². The summed E-state index contributed by atoms with van der Waals surface area (Å²) in [6.07, 6.45) is -0.842. The molecular formula is C17H20N4O5S. The Balaban J connectivity index is 1.76. The molecule has 3 rings (SSSR count). The first-order chi connectivity index (χ1) is 12.5. The number of nitrogens with zero attached hydrogens (tertiary/aromatic N) is 2. The molecule has 1 fully saturated rings. The van der Waals surface area contributed by atoms with Crippen molar-refractivity contribution in [3.05, 3.63) is 26.6 Å². The van der Waals surface area contributed by atoms with Crippen molar-refractivity contribution in [3.63, 3.8) is 0 Å². The molecule has 1 aliphatic heterocycles. The van der Waals surface area contributed by atoms with Crippen LogP contribution in [0.3, 0.4) is 0 Å². The maximum atomic E-state index is 12.3. The first-order valence-electron chi connectivity index (χ1n) is 8.34. The molecule has 2 N–H and O–H groups in total. The van der Waals surface area contributed by atoms with Gasteiger partial charge in [-0.15, -0.1) is 11.3 Å². The van der Waals surface area contributed by atoms with Crippen LogP contribution < -0.4 is 10.9 Å². The molecule has 3 amide bonds. The Hall–Kier alpha value is -2.75. The maximum absolute atomic E-state index is 12.3. The van der Waals surface area contributed by atoms with Crippen molar-refractivity contribution in [2.45, 2.75) is 46.3 Å². The van der Waals surface area contributed by atoms with Crippen LogP contribution in [0.4, 0.5) is 4.79 Å². The molecule has 0 saturated carbocycles. The van der Waals surface area contributed by atoms with Crippen LogP contribution in [0, 0.1) is 13.8 Å². The average molecular weight is 392 g/mol. The van der Waals surface area contributed by atoms with E-state index in [1.165, 1.54) is 11.3 Å². The molecular weight excluding hydrogens is 372 g/mol. The summed E-state index contributed by atoms with van der Waals surface area (Å²) in [6, 6.07) is -0.646. The number of aryl methyl sites for hydroxylation is 2. The third kappa shape index (κ3) is 3.32. The van der Waals surface area contributed by atoms with Gasteiger partial charge in [-0.25, -0.2) is 9.78 Å². The number of aromatic nitrogens is 2. The predicted octanol–water partition coefficient (Wildman–Crippen LogP) is 1.54. The first-order valence-corrected chi connectivity index (χ1v) is 9.16. The van der Waals surface area contributed by atoms with Crippen LogP contribution in [0.2, 0.25) is 0 Å². The van der Waals surface area contributed by atoms with E-state index in [1.54, 1.807) is 20.8 Å². The molecule has 0 aromatic carbocycles.